The summed E-state index contributed by atoms with van der Waals surface area (Å²) in [6, 6.07) is 38.8. The Labute approximate surface area is 301 Å². The van der Waals surface area contributed by atoms with Gasteiger partial charge in [0.2, 0.25) is 5.91 Å². The molecule has 2 unspecified atom stereocenters. The van der Waals surface area contributed by atoms with E-state index in [0.29, 0.717) is 13.2 Å². The van der Waals surface area contributed by atoms with Gasteiger partial charge in [-0.1, -0.05) is 134 Å². The molecule has 1 amide bonds. The van der Waals surface area contributed by atoms with Gasteiger partial charge in [0.05, 0.1) is 51.8 Å². The first kappa shape index (κ1) is 38.1. The number of carbonyl (C=O) groups is 1. The highest BCUT2D eigenvalue weighted by molar-refractivity contribution is 5.75. The molecule has 51 heavy (non-hydrogen) atoms. The van der Waals surface area contributed by atoms with Crippen LogP contribution in [0.1, 0.15) is 35.6 Å². The maximum Gasteiger partial charge on any atom is 0.220 e. The predicted molar refractivity (Wildman–Crippen MR) is 194 cm³/mol. The minimum atomic E-state index is -1.05. The number of hydrogen-bond donors (Lipinski definition) is 2. The van der Waals surface area contributed by atoms with Crippen LogP contribution in [-0.4, -0.2) is 67.1 Å². The molecule has 0 saturated carbocycles. The predicted octanol–water partition coefficient (Wildman–Crippen LogP) is 6.14. The normalized spacial score (nSPS) is 21.4. The zero-order chi connectivity index (χ0) is 35.7. The van der Waals surface area contributed by atoms with E-state index in [9.17, 15) is 9.90 Å². The fraction of sp³-hybridized carbons (Fsp3) is 0.357. The van der Waals surface area contributed by atoms with Gasteiger partial charge in [-0.15, -0.1) is 6.58 Å². The Morgan fingerprint density at radius 1 is 0.706 bits per heavy atom. The number of rotatable bonds is 20. The van der Waals surface area contributed by atoms with Gasteiger partial charge in [-0.25, -0.2) is 0 Å². The first-order chi connectivity index (χ1) is 25.0. The largest absolute Gasteiger partial charge is 0.387 e. The second-order valence-corrected chi connectivity index (χ2v) is 12.4. The summed E-state index contributed by atoms with van der Waals surface area (Å²) in [7, 11) is 0. The van der Waals surface area contributed by atoms with Crippen LogP contribution >= 0.6 is 0 Å². The Bertz CT molecular complexity index is 1560. The van der Waals surface area contributed by atoms with E-state index < -0.39 is 42.9 Å². The highest BCUT2D eigenvalue weighted by Gasteiger charge is 2.49. The van der Waals surface area contributed by atoms with Crippen molar-refractivity contribution in [2.45, 2.75) is 82.6 Å². The van der Waals surface area contributed by atoms with E-state index >= 15 is 0 Å². The number of ether oxygens (including phenoxy) is 6. The molecule has 1 saturated heterocycles. The first-order valence-corrected chi connectivity index (χ1v) is 17.5. The summed E-state index contributed by atoms with van der Waals surface area (Å²) in [6.07, 6.45) is -3.11. The van der Waals surface area contributed by atoms with Gasteiger partial charge in [-0.2, -0.15) is 0 Å². The maximum atomic E-state index is 12.4. The average molecular weight is 696 g/mol. The lowest BCUT2D eigenvalue weighted by molar-refractivity contribution is -0.329. The average Bonchev–Trinajstić information content (AvgIpc) is 3.18. The number of nitrogens with one attached hydrogen (secondary N) is 1. The number of aliphatic hydroxyl groups is 1. The van der Waals surface area contributed by atoms with Crippen molar-refractivity contribution in [2.24, 2.45) is 0 Å². The maximum absolute atomic E-state index is 12.4. The summed E-state index contributed by atoms with van der Waals surface area (Å²) in [5.74, 6) is -0.225. The van der Waals surface area contributed by atoms with Crippen LogP contribution in [0.25, 0.3) is 0 Å². The number of hydrogen-bond acceptors (Lipinski definition) is 8. The van der Waals surface area contributed by atoms with Crippen LogP contribution in [0.4, 0.5) is 0 Å². The van der Waals surface area contributed by atoms with Gasteiger partial charge >= 0.3 is 0 Å². The Kier molecular flexibility index (Phi) is 15.4. The van der Waals surface area contributed by atoms with Crippen molar-refractivity contribution in [3.8, 4) is 0 Å². The number of amides is 1. The Morgan fingerprint density at radius 2 is 1.16 bits per heavy atom. The summed E-state index contributed by atoms with van der Waals surface area (Å²) in [4.78, 5) is 12.4. The van der Waals surface area contributed by atoms with Gasteiger partial charge in [0.1, 0.15) is 24.4 Å². The van der Waals surface area contributed by atoms with Gasteiger partial charge in [0.25, 0.3) is 0 Å². The molecule has 7 atom stereocenters. The van der Waals surface area contributed by atoms with E-state index in [4.69, 9.17) is 28.4 Å². The number of carbonyl (C=O) groups excluding carboxylic acids is 1. The molecule has 0 spiro atoms. The van der Waals surface area contributed by atoms with Crippen molar-refractivity contribution in [3.05, 3.63) is 156 Å². The van der Waals surface area contributed by atoms with Crippen molar-refractivity contribution in [3.63, 3.8) is 0 Å². The minimum absolute atomic E-state index is 0.0761. The third-order valence-electron chi connectivity index (χ3n) is 8.60. The fourth-order valence-electron chi connectivity index (χ4n) is 5.78. The molecule has 0 aliphatic carbocycles. The molecule has 0 bridgehead atoms. The Morgan fingerprint density at radius 3 is 1.63 bits per heavy atom. The van der Waals surface area contributed by atoms with Gasteiger partial charge in [-0.05, 0) is 22.3 Å². The molecule has 5 rings (SSSR count). The Hall–Kier alpha value is -4.19. The van der Waals surface area contributed by atoms with Gasteiger partial charge in [0.15, 0.2) is 6.29 Å². The highest BCUT2D eigenvalue weighted by Crippen LogP contribution is 2.32. The standard InChI is InChI=1S/C42H49NO8/c1-3-36(44)35(43-38(45)4-2)29-50-42-41(49-28-34-23-15-8-16-24-34)40(48-27-33-21-13-7-14-22-33)39(47-26-32-19-11-6-12-20-32)37(51-42)30-46-25-31-17-9-5-10-18-31/h3,5-24,35-37,39-42,44H,1,4,25-30H2,2H3,(H,43,45)/t35-,36+,37?,39-,40?,41+,42+/m0/s1. The van der Waals surface area contributed by atoms with E-state index in [2.05, 4.69) is 11.9 Å². The van der Waals surface area contributed by atoms with E-state index in [1.54, 1.807) is 6.92 Å². The van der Waals surface area contributed by atoms with E-state index in [-0.39, 0.29) is 38.8 Å². The minimum Gasteiger partial charge on any atom is -0.387 e. The van der Waals surface area contributed by atoms with Gasteiger partial charge in [-0.3, -0.25) is 4.79 Å². The second kappa shape index (κ2) is 20.6. The molecule has 9 heteroatoms. The third-order valence-corrected chi connectivity index (χ3v) is 8.60. The summed E-state index contributed by atoms with van der Waals surface area (Å²) >= 11 is 0. The molecule has 0 radical (unpaired) electrons. The van der Waals surface area contributed by atoms with Crippen LogP contribution in [0, 0.1) is 0 Å². The zero-order valence-electron chi connectivity index (χ0n) is 29.1. The molecule has 1 heterocycles. The van der Waals surface area contributed by atoms with Crippen molar-refractivity contribution < 1.29 is 38.3 Å². The van der Waals surface area contributed by atoms with Crippen LogP contribution in [0.15, 0.2) is 134 Å². The molecule has 2 N–H and O–H groups in total. The third kappa shape index (κ3) is 11.9. The van der Waals surface area contributed by atoms with Crippen molar-refractivity contribution in [1.82, 2.24) is 5.32 Å². The van der Waals surface area contributed by atoms with Crippen LogP contribution in [0.5, 0.6) is 0 Å². The van der Waals surface area contributed by atoms with Crippen LogP contribution in [0.3, 0.4) is 0 Å². The van der Waals surface area contributed by atoms with Crippen LogP contribution in [0.2, 0.25) is 0 Å². The van der Waals surface area contributed by atoms with Crippen molar-refractivity contribution in [1.29, 1.82) is 0 Å². The molecule has 9 nitrogen and oxygen atoms in total. The van der Waals surface area contributed by atoms with E-state index in [1.165, 1.54) is 6.08 Å². The van der Waals surface area contributed by atoms with E-state index in [0.717, 1.165) is 22.3 Å². The molecule has 0 aromatic heterocycles. The zero-order valence-corrected chi connectivity index (χ0v) is 29.1. The summed E-state index contributed by atoms with van der Waals surface area (Å²) in [5.41, 5.74) is 3.97. The van der Waals surface area contributed by atoms with Gasteiger partial charge in [0, 0.05) is 6.42 Å². The smallest absolute Gasteiger partial charge is 0.220 e. The monoisotopic (exact) mass is 695 g/mol. The van der Waals surface area contributed by atoms with Crippen LogP contribution in [-0.2, 0) is 59.6 Å². The number of aliphatic hydroxyl groups excluding tert-OH is 1. The van der Waals surface area contributed by atoms with Crippen LogP contribution < -0.4 is 5.32 Å². The number of benzene rings is 4. The van der Waals surface area contributed by atoms with Crippen molar-refractivity contribution in [2.75, 3.05) is 13.2 Å². The molecule has 1 aliphatic rings. The molecule has 1 aliphatic heterocycles. The van der Waals surface area contributed by atoms with Gasteiger partial charge < -0.3 is 38.8 Å². The molecule has 4 aromatic carbocycles. The topological polar surface area (TPSA) is 105 Å². The summed E-state index contributed by atoms with van der Waals surface area (Å²) in [5, 5.41) is 13.6. The summed E-state index contributed by atoms with van der Waals surface area (Å²) < 4.78 is 39.5. The molecular weight excluding hydrogens is 646 g/mol. The second-order valence-electron chi connectivity index (χ2n) is 12.4. The fourth-order valence-corrected chi connectivity index (χ4v) is 5.78. The molecule has 1 fully saturated rings. The van der Waals surface area contributed by atoms with Crippen molar-refractivity contribution >= 4 is 5.91 Å². The Balaban J connectivity index is 1.46. The molecular formula is C42H49NO8. The quantitative estimate of drug-likeness (QED) is 0.106. The lowest BCUT2D eigenvalue weighted by Gasteiger charge is -2.46. The van der Waals surface area contributed by atoms with E-state index in [1.807, 2.05) is 121 Å². The molecule has 4 aromatic rings. The first-order valence-electron chi connectivity index (χ1n) is 17.5. The lowest BCUT2D eigenvalue weighted by Crippen LogP contribution is -2.62. The highest BCUT2D eigenvalue weighted by atomic mass is 16.7. The lowest BCUT2D eigenvalue weighted by atomic mass is 9.97. The SMILES string of the molecule is C=C[C@@H](O)[C@H](CO[C@@H]1OC(COCc2ccccc2)[C@H](OCc2ccccc2)C(OCc2ccccc2)[C@H]1OCc1ccccc1)NC(=O)CC. The molecule has 270 valence electrons. The summed E-state index contributed by atoms with van der Waals surface area (Å²) in [6.45, 7) is 6.78.